The van der Waals surface area contributed by atoms with E-state index >= 15 is 0 Å². The standard InChI is InChI=1S/C59H39NO/c1-3-18-45(19-4-1)59(46-20-5-2-6-21-46)52-25-12-9-24-51(52)58-53(59)26-15-28-55(58)60(47-35-32-41(33-36-47)43-31-30-40-16-7-8-17-42(40)38-43)54-27-13-10-22-48(54)44-34-37-50-49-23-11-14-29-56(49)61-57(50)39-44/h1-39H. The molecule has 12 rings (SSSR count). The number of nitrogens with zero attached hydrogens (tertiary/aromatic N) is 1. The number of hydrogen-bond donors (Lipinski definition) is 0. The number of para-hydroxylation sites is 2. The van der Waals surface area contributed by atoms with E-state index in [1.165, 1.54) is 55.3 Å². The van der Waals surface area contributed by atoms with Gasteiger partial charge in [-0.1, -0.05) is 188 Å². The summed E-state index contributed by atoms with van der Waals surface area (Å²) in [5.74, 6) is 0. The van der Waals surface area contributed by atoms with Crippen molar-refractivity contribution in [2.75, 3.05) is 4.90 Å². The van der Waals surface area contributed by atoms with Crippen LogP contribution in [0.1, 0.15) is 22.3 Å². The van der Waals surface area contributed by atoms with E-state index in [0.717, 1.165) is 50.1 Å². The smallest absolute Gasteiger partial charge is 0.136 e. The van der Waals surface area contributed by atoms with Crippen LogP contribution < -0.4 is 4.90 Å². The fraction of sp³-hybridized carbons (Fsp3) is 0.0169. The minimum absolute atomic E-state index is 0.526. The van der Waals surface area contributed by atoms with E-state index in [2.05, 4.69) is 229 Å². The van der Waals surface area contributed by atoms with Gasteiger partial charge in [0, 0.05) is 27.6 Å². The van der Waals surface area contributed by atoms with Crippen LogP contribution in [0.5, 0.6) is 0 Å². The summed E-state index contributed by atoms with van der Waals surface area (Å²) in [6, 6.07) is 86.1. The molecular formula is C59H39NO. The largest absolute Gasteiger partial charge is 0.456 e. The second kappa shape index (κ2) is 14.1. The predicted octanol–water partition coefficient (Wildman–Crippen LogP) is 15.9. The molecule has 1 aromatic heterocycles. The van der Waals surface area contributed by atoms with E-state index in [1.54, 1.807) is 0 Å². The third-order valence-corrected chi connectivity index (χ3v) is 12.7. The summed E-state index contributed by atoms with van der Waals surface area (Å²) in [6.07, 6.45) is 0. The quantitative estimate of drug-likeness (QED) is 0.160. The van der Waals surface area contributed by atoms with Gasteiger partial charge in [0.25, 0.3) is 0 Å². The summed E-state index contributed by atoms with van der Waals surface area (Å²) < 4.78 is 6.46. The van der Waals surface area contributed by atoms with Gasteiger partial charge >= 0.3 is 0 Å². The lowest BCUT2D eigenvalue weighted by molar-refractivity contribution is 0.669. The number of fused-ring (bicyclic) bond motifs is 7. The van der Waals surface area contributed by atoms with Gasteiger partial charge in [-0.05, 0) is 104 Å². The molecule has 286 valence electrons. The highest BCUT2D eigenvalue weighted by Gasteiger charge is 2.47. The van der Waals surface area contributed by atoms with Crippen LogP contribution in [0.15, 0.2) is 241 Å². The maximum absolute atomic E-state index is 6.46. The first-order valence-electron chi connectivity index (χ1n) is 21.0. The van der Waals surface area contributed by atoms with Gasteiger partial charge in [-0.15, -0.1) is 0 Å². The van der Waals surface area contributed by atoms with Crippen molar-refractivity contribution in [2.24, 2.45) is 0 Å². The van der Waals surface area contributed by atoms with Crippen LogP contribution in [0.2, 0.25) is 0 Å². The zero-order valence-electron chi connectivity index (χ0n) is 33.4. The summed E-state index contributed by atoms with van der Waals surface area (Å²) in [5, 5.41) is 4.73. The van der Waals surface area contributed by atoms with E-state index in [0.29, 0.717) is 0 Å². The van der Waals surface area contributed by atoms with Gasteiger partial charge < -0.3 is 9.32 Å². The molecule has 0 radical (unpaired) electrons. The molecule has 0 N–H and O–H groups in total. The molecule has 11 aromatic rings. The molecule has 0 saturated heterocycles. The Morgan fingerprint density at radius 2 is 0.934 bits per heavy atom. The van der Waals surface area contributed by atoms with Crippen LogP contribution in [0.3, 0.4) is 0 Å². The third-order valence-electron chi connectivity index (χ3n) is 12.7. The first kappa shape index (κ1) is 35.0. The average Bonchev–Trinajstić information content (AvgIpc) is 3.86. The minimum Gasteiger partial charge on any atom is -0.456 e. The molecule has 10 aromatic carbocycles. The minimum atomic E-state index is -0.526. The fourth-order valence-electron chi connectivity index (χ4n) is 10.0. The normalized spacial score (nSPS) is 12.7. The Balaban J connectivity index is 1.11. The van der Waals surface area contributed by atoms with Crippen LogP contribution in [-0.4, -0.2) is 0 Å². The number of rotatable bonds is 7. The van der Waals surface area contributed by atoms with Crippen molar-refractivity contribution in [3.05, 3.63) is 259 Å². The lowest BCUT2D eigenvalue weighted by atomic mass is 9.68. The summed E-state index contributed by atoms with van der Waals surface area (Å²) in [6.45, 7) is 0. The van der Waals surface area contributed by atoms with Gasteiger partial charge in [-0.2, -0.15) is 0 Å². The van der Waals surface area contributed by atoms with Gasteiger partial charge in [0.15, 0.2) is 0 Å². The average molecular weight is 778 g/mol. The molecule has 0 saturated carbocycles. The molecule has 0 spiro atoms. The van der Waals surface area contributed by atoms with Crippen LogP contribution >= 0.6 is 0 Å². The SMILES string of the molecule is c1ccc(C2(c3ccccc3)c3ccccc3-c3c(N(c4ccc(-c5ccc6ccccc6c5)cc4)c4ccccc4-c4ccc5c(c4)oc4ccccc45)cccc32)cc1. The first-order chi connectivity index (χ1) is 30.3. The number of furan rings is 1. The molecule has 1 aliphatic rings. The third kappa shape index (κ3) is 5.50. The van der Waals surface area contributed by atoms with Crippen molar-refractivity contribution >= 4 is 49.8 Å². The highest BCUT2D eigenvalue weighted by atomic mass is 16.3. The molecule has 0 aliphatic heterocycles. The van der Waals surface area contributed by atoms with Gasteiger partial charge in [0.1, 0.15) is 11.2 Å². The molecule has 0 fully saturated rings. The second-order valence-corrected chi connectivity index (χ2v) is 16.0. The Hall–Kier alpha value is -7.94. The highest BCUT2D eigenvalue weighted by Crippen LogP contribution is 2.60. The Morgan fingerprint density at radius 3 is 1.74 bits per heavy atom. The van der Waals surface area contributed by atoms with Crippen molar-refractivity contribution in [3.8, 4) is 33.4 Å². The number of hydrogen-bond acceptors (Lipinski definition) is 2. The van der Waals surface area contributed by atoms with Crippen molar-refractivity contribution in [1.82, 2.24) is 0 Å². The second-order valence-electron chi connectivity index (χ2n) is 16.0. The van der Waals surface area contributed by atoms with Crippen LogP contribution in [-0.2, 0) is 5.41 Å². The molecule has 61 heavy (non-hydrogen) atoms. The Labute approximate surface area is 355 Å². The Morgan fingerprint density at radius 1 is 0.344 bits per heavy atom. The summed E-state index contributed by atoms with van der Waals surface area (Å²) in [4.78, 5) is 2.48. The molecule has 2 nitrogen and oxygen atoms in total. The molecular weight excluding hydrogens is 739 g/mol. The number of benzene rings is 10. The van der Waals surface area contributed by atoms with Gasteiger partial charge in [0.2, 0.25) is 0 Å². The van der Waals surface area contributed by atoms with Crippen LogP contribution in [0.25, 0.3) is 66.1 Å². The van der Waals surface area contributed by atoms with Crippen molar-refractivity contribution in [1.29, 1.82) is 0 Å². The summed E-state index contributed by atoms with van der Waals surface area (Å²) >= 11 is 0. The fourth-order valence-corrected chi connectivity index (χ4v) is 10.0. The van der Waals surface area contributed by atoms with E-state index in [4.69, 9.17) is 4.42 Å². The van der Waals surface area contributed by atoms with Gasteiger partial charge in [0.05, 0.1) is 16.8 Å². The molecule has 0 unspecified atom stereocenters. The van der Waals surface area contributed by atoms with E-state index in [1.807, 2.05) is 12.1 Å². The van der Waals surface area contributed by atoms with Gasteiger partial charge in [-0.3, -0.25) is 0 Å². The predicted molar refractivity (Wildman–Crippen MR) is 254 cm³/mol. The topological polar surface area (TPSA) is 16.4 Å². The van der Waals surface area contributed by atoms with Crippen molar-refractivity contribution in [2.45, 2.75) is 5.41 Å². The Kier molecular flexibility index (Phi) is 8.11. The molecule has 1 aliphatic carbocycles. The summed E-state index contributed by atoms with van der Waals surface area (Å²) in [5.41, 5.74) is 16.6. The van der Waals surface area contributed by atoms with E-state index in [9.17, 15) is 0 Å². The molecule has 2 heteroatoms. The van der Waals surface area contributed by atoms with Crippen molar-refractivity contribution < 1.29 is 4.42 Å². The van der Waals surface area contributed by atoms with Gasteiger partial charge in [-0.25, -0.2) is 0 Å². The maximum Gasteiger partial charge on any atom is 0.136 e. The van der Waals surface area contributed by atoms with Crippen LogP contribution in [0, 0.1) is 0 Å². The monoisotopic (exact) mass is 777 g/mol. The van der Waals surface area contributed by atoms with E-state index in [-0.39, 0.29) is 0 Å². The van der Waals surface area contributed by atoms with Crippen LogP contribution in [0.4, 0.5) is 17.1 Å². The summed E-state index contributed by atoms with van der Waals surface area (Å²) in [7, 11) is 0. The zero-order valence-corrected chi connectivity index (χ0v) is 33.4. The zero-order chi connectivity index (χ0) is 40.3. The van der Waals surface area contributed by atoms with E-state index < -0.39 is 5.41 Å². The molecule has 0 amide bonds. The molecule has 0 bridgehead atoms. The lowest BCUT2D eigenvalue weighted by Gasteiger charge is -2.34. The number of anilines is 3. The maximum atomic E-state index is 6.46. The molecule has 0 atom stereocenters. The first-order valence-corrected chi connectivity index (χ1v) is 21.0. The Bertz CT molecular complexity index is 3380. The molecule has 1 heterocycles. The lowest BCUT2D eigenvalue weighted by Crippen LogP contribution is -2.28. The van der Waals surface area contributed by atoms with Crippen molar-refractivity contribution in [3.63, 3.8) is 0 Å². The highest BCUT2D eigenvalue weighted by molar-refractivity contribution is 6.07.